The minimum Gasteiger partial charge on any atom is -0.393 e. The summed E-state index contributed by atoms with van der Waals surface area (Å²) >= 11 is 0. The summed E-state index contributed by atoms with van der Waals surface area (Å²) in [5.41, 5.74) is 3.25. The Morgan fingerprint density at radius 2 is 1.86 bits per heavy atom. The molecule has 0 unspecified atom stereocenters. The van der Waals surface area contributed by atoms with Crippen LogP contribution in [0.5, 0.6) is 0 Å². The van der Waals surface area contributed by atoms with Gasteiger partial charge in [-0.05, 0) is 115 Å². The first-order chi connectivity index (χ1) is 19.6. The van der Waals surface area contributed by atoms with E-state index in [0.717, 1.165) is 41.5 Å². The highest BCUT2D eigenvalue weighted by Gasteiger charge is 2.50. The molecule has 42 heavy (non-hydrogen) atoms. The van der Waals surface area contributed by atoms with Crippen molar-refractivity contribution in [2.24, 2.45) is 28.6 Å². The number of carbonyl (C=O) groups excluding carboxylic acids is 1. The molecule has 1 aromatic rings. The maximum Gasteiger partial charge on any atom is 0.416 e. The standard InChI is InChI=1S/C36H50F3NO2/c1-23(9-7-19-34(3,4)5)30-17-18-31-25(10-8-20-35(30,31)6)11-12-27-21-29(41)22-32(24(27)2)40-33(42)26-13-15-28(16-14-26)36(37,38)39/h11-16,23,29-32,41H,2,7-10,17-22H2,1,3-6H3,(H,40,42)/b25-11+,27-12-/t23-,29-,30-,31+,32+,35-/m1/s1. The molecule has 3 saturated carbocycles. The van der Waals surface area contributed by atoms with E-state index in [2.05, 4.69) is 58.7 Å². The average Bonchev–Trinajstić information content (AvgIpc) is 3.26. The van der Waals surface area contributed by atoms with E-state index in [-0.39, 0.29) is 5.56 Å². The van der Waals surface area contributed by atoms with Gasteiger partial charge in [0.05, 0.1) is 17.7 Å². The molecule has 0 saturated heterocycles. The Kier molecular flexibility index (Phi) is 9.86. The van der Waals surface area contributed by atoms with Crippen molar-refractivity contribution in [2.75, 3.05) is 0 Å². The number of alkyl halides is 3. The summed E-state index contributed by atoms with van der Waals surface area (Å²) in [6.45, 7) is 16.2. The van der Waals surface area contributed by atoms with Crippen LogP contribution < -0.4 is 5.32 Å². The van der Waals surface area contributed by atoms with E-state index < -0.39 is 29.8 Å². The molecule has 1 amide bonds. The fourth-order valence-electron chi connectivity index (χ4n) is 8.06. The third-order valence-corrected chi connectivity index (χ3v) is 10.4. The molecule has 0 aliphatic heterocycles. The predicted molar refractivity (Wildman–Crippen MR) is 164 cm³/mol. The van der Waals surface area contributed by atoms with Crippen molar-refractivity contribution < 1.29 is 23.1 Å². The van der Waals surface area contributed by atoms with Crippen LogP contribution in [0, 0.1) is 28.6 Å². The zero-order valence-corrected chi connectivity index (χ0v) is 26.1. The summed E-state index contributed by atoms with van der Waals surface area (Å²) in [5, 5.41) is 13.5. The van der Waals surface area contributed by atoms with Gasteiger partial charge in [-0.3, -0.25) is 4.79 Å². The molecule has 0 bridgehead atoms. The molecular formula is C36H50F3NO2. The normalized spacial score (nSPS) is 31.3. The van der Waals surface area contributed by atoms with Gasteiger partial charge in [-0.15, -0.1) is 0 Å². The number of aliphatic hydroxyl groups is 1. The van der Waals surface area contributed by atoms with E-state index >= 15 is 0 Å². The Hall–Kier alpha value is -2.34. The fourth-order valence-corrected chi connectivity index (χ4v) is 8.06. The topological polar surface area (TPSA) is 49.3 Å². The zero-order chi connectivity index (χ0) is 30.9. The lowest BCUT2D eigenvalue weighted by atomic mass is 9.60. The van der Waals surface area contributed by atoms with Crippen molar-refractivity contribution in [1.29, 1.82) is 0 Å². The summed E-state index contributed by atoms with van der Waals surface area (Å²) in [5.74, 6) is 1.57. The van der Waals surface area contributed by atoms with E-state index in [1.54, 1.807) is 0 Å². The number of amides is 1. The van der Waals surface area contributed by atoms with Crippen molar-refractivity contribution in [3.05, 3.63) is 70.8 Å². The minimum absolute atomic E-state index is 0.147. The Labute approximate surface area is 250 Å². The van der Waals surface area contributed by atoms with E-state index in [1.165, 1.54) is 62.7 Å². The van der Waals surface area contributed by atoms with Crippen molar-refractivity contribution >= 4 is 5.91 Å². The van der Waals surface area contributed by atoms with E-state index in [9.17, 15) is 23.1 Å². The zero-order valence-electron chi connectivity index (χ0n) is 26.1. The van der Waals surface area contributed by atoms with Crippen LogP contribution in [-0.4, -0.2) is 23.2 Å². The first-order valence-electron chi connectivity index (χ1n) is 15.8. The second-order valence-electron chi connectivity index (χ2n) is 14.7. The number of fused-ring (bicyclic) bond motifs is 1. The lowest BCUT2D eigenvalue weighted by molar-refractivity contribution is -0.137. The second-order valence-corrected chi connectivity index (χ2v) is 14.7. The minimum atomic E-state index is -4.45. The van der Waals surface area contributed by atoms with Gasteiger partial charge in [0.15, 0.2) is 0 Å². The van der Waals surface area contributed by atoms with Crippen LogP contribution in [0.4, 0.5) is 13.2 Å². The van der Waals surface area contributed by atoms with Gasteiger partial charge in [0, 0.05) is 5.56 Å². The SMILES string of the molecule is C=C1/C(=C\C=C2/CCC[C@]3(C)[C@@H]([C@H](C)CCCC(C)(C)C)CC[C@@H]23)C[C@@H](O)C[C@@H]1NC(=O)c1ccc(C(F)(F)F)cc1. The van der Waals surface area contributed by atoms with Gasteiger partial charge in [-0.25, -0.2) is 0 Å². The Balaban J connectivity index is 1.43. The fraction of sp³-hybridized carbons (Fsp3) is 0.639. The van der Waals surface area contributed by atoms with Gasteiger partial charge >= 0.3 is 6.18 Å². The first kappa shape index (κ1) is 32.6. The number of halogens is 3. The third-order valence-electron chi connectivity index (χ3n) is 10.4. The van der Waals surface area contributed by atoms with Crippen LogP contribution in [0.3, 0.4) is 0 Å². The quantitative estimate of drug-likeness (QED) is 0.335. The summed E-state index contributed by atoms with van der Waals surface area (Å²) in [6, 6.07) is 3.71. The van der Waals surface area contributed by atoms with Crippen LogP contribution in [0.25, 0.3) is 0 Å². The van der Waals surface area contributed by atoms with Crippen LogP contribution in [0.15, 0.2) is 59.7 Å². The van der Waals surface area contributed by atoms with Crippen LogP contribution >= 0.6 is 0 Å². The molecule has 232 valence electrons. The van der Waals surface area contributed by atoms with Crippen molar-refractivity contribution in [2.45, 2.75) is 117 Å². The predicted octanol–water partition coefficient (Wildman–Crippen LogP) is 9.44. The summed E-state index contributed by atoms with van der Waals surface area (Å²) in [4.78, 5) is 12.9. The Bertz CT molecular complexity index is 1190. The smallest absolute Gasteiger partial charge is 0.393 e. The van der Waals surface area contributed by atoms with Gasteiger partial charge in [0.25, 0.3) is 5.91 Å². The highest BCUT2D eigenvalue weighted by Crippen LogP contribution is 2.60. The maximum atomic E-state index is 12.9. The Morgan fingerprint density at radius 3 is 2.50 bits per heavy atom. The monoisotopic (exact) mass is 585 g/mol. The molecule has 0 spiro atoms. The molecule has 3 aliphatic carbocycles. The summed E-state index contributed by atoms with van der Waals surface area (Å²) < 4.78 is 38.7. The molecule has 1 aromatic carbocycles. The lowest BCUT2D eigenvalue weighted by Crippen LogP contribution is -2.42. The number of hydrogen-bond donors (Lipinski definition) is 2. The van der Waals surface area contributed by atoms with E-state index in [0.29, 0.717) is 29.6 Å². The van der Waals surface area contributed by atoms with E-state index in [4.69, 9.17) is 0 Å². The average molecular weight is 586 g/mol. The van der Waals surface area contributed by atoms with E-state index in [1.807, 2.05) is 0 Å². The van der Waals surface area contributed by atoms with Crippen LogP contribution in [-0.2, 0) is 6.18 Å². The summed E-state index contributed by atoms with van der Waals surface area (Å²) in [6.07, 6.45) is 10.0. The maximum absolute atomic E-state index is 12.9. The number of hydrogen-bond acceptors (Lipinski definition) is 2. The highest BCUT2D eigenvalue weighted by atomic mass is 19.4. The second kappa shape index (κ2) is 12.7. The summed E-state index contributed by atoms with van der Waals surface area (Å²) in [7, 11) is 0. The van der Waals surface area contributed by atoms with Crippen molar-refractivity contribution in [3.8, 4) is 0 Å². The number of benzene rings is 1. The van der Waals surface area contributed by atoms with Gasteiger partial charge in [-0.2, -0.15) is 13.2 Å². The number of allylic oxidation sites excluding steroid dienone is 3. The molecule has 4 rings (SSSR count). The number of carbonyl (C=O) groups is 1. The largest absolute Gasteiger partial charge is 0.416 e. The third kappa shape index (κ3) is 7.59. The number of aliphatic hydroxyl groups excluding tert-OH is 1. The molecule has 6 atom stereocenters. The molecular weight excluding hydrogens is 535 g/mol. The molecule has 2 N–H and O–H groups in total. The molecule has 3 nitrogen and oxygen atoms in total. The van der Waals surface area contributed by atoms with Gasteiger partial charge < -0.3 is 10.4 Å². The van der Waals surface area contributed by atoms with Gasteiger partial charge in [0.2, 0.25) is 0 Å². The van der Waals surface area contributed by atoms with Crippen molar-refractivity contribution in [3.63, 3.8) is 0 Å². The Morgan fingerprint density at radius 1 is 1.17 bits per heavy atom. The first-order valence-corrected chi connectivity index (χ1v) is 15.8. The molecule has 0 radical (unpaired) electrons. The van der Waals surface area contributed by atoms with Gasteiger partial charge in [-0.1, -0.05) is 71.8 Å². The lowest BCUT2D eigenvalue weighted by Gasteiger charge is -2.44. The molecule has 0 heterocycles. The van der Waals surface area contributed by atoms with Crippen LogP contribution in [0.2, 0.25) is 0 Å². The van der Waals surface area contributed by atoms with Crippen LogP contribution in [0.1, 0.15) is 115 Å². The number of rotatable bonds is 7. The molecule has 6 heteroatoms. The number of nitrogens with one attached hydrogen (secondary N) is 1. The molecule has 0 aromatic heterocycles. The highest BCUT2D eigenvalue weighted by molar-refractivity contribution is 5.94. The molecule has 3 fully saturated rings. The molecule has 3 aliphatic rings. The van der Waals surface area contributed by atoms with Gasteiger partial charge in [0.1, 0.15) is 0 Å². The van der Waals surface area contributed by atoms with Crippen molar-refractivity contribution in [1.82, 2.24) is 5.32 Å².